The van der Waals surface area contributed by atoms with Crippen molar-refractivity contribution in [2.75, 3.05) is 6.26 Å². The van der Waals surface area contributed by atoms with Crippen molar-refractivity contribution >= 4 is 17.5 Å². The van der Waals surface area contributed by atoms with E-state index in [9.17, 15) is 0 Å². The van der Waals surface area contributed by atoms with Crippen LogP contribution in [0.5, 0.6) is 0 Å². The standard InChI is InChI=1S/C10H17N3S/c1-4-7-5-8(11)9(6(2)13-7)10(12)14-3/h4,6-7,11,13H,1,5,12H2,2-3H3/b10-9+,11-8?. The molecule has 0 aromatic carbocycles. The summed E-state index contributed by atoms with van der Waals surface area (Å²) in [5.41, 5.74) is 7.42. The lowest BCUT2D eigenvalue weighted by Crippen LogP contribution is -2.45. The van der Waals surface area contributed by atoms with Gasteiger partial charge in [-0.1, -0.05) is 6.08 Å². The van der Waals surface area contributed by atoms with Crippen LogP contribution in [0, 0.1) is 5.41 Å². The Morgan fingerprint density at radius 1 is 1.79 bits per heavy atom. The summed E-state index contributed by atoms with van der Waals surface area (Å²) in [4.78, 5) is 0. The van der Waals surface area contributed by atoms with E-state index in [0.29, 0.717) is 12.1 Å². The van der Waals surface area contributed by atoms with E-state index >= 15 is 0 Å². The molecule has 2 unspecified atom stereocenters. The molecule has 3 nitrogen and oxygen atoms in total. The van der Waals surface area contributed by atoms with Crippen molar-refractivity contribution in [3.63, 3.8) is 0 Å². The van der Waals surface area contributed by atoms with E-state index in [0.717, 1.165) is 10.6 Å². The number of nitrogens with two attached hydrogens (primary N) is 1. The van der Waals surface area contributed by atoms with Crippen LogP contribution in [0.3, 0.4) is 0 Å². The molecular weight excluding hydrogens is 194 g/mol. The van der Waals surface area contributed by atoms with Gasteiger partial charge < -0.3 is 16.5 Å². The first-order chi connectivity index (χ1) is 6.60. The normalized spacial score (nSPS) is 31.4. The molecule has 14 heavy (non-hydrogen) atoms. The molecule has 4 heteroatoms. The van der Waals surface area contributed by atoms with Crippen LogP contribution in [-0.4, -0.2) is 24.1 Å². The third-order valence-electron chi connectivity index (χ3n) is 2.42. The topological polar surface area (TPSA) is 61.9 Å². The maximum Gasteiger partial charge on any atom is 0.0719 e. The molecule has 0 aromatic heterocycles. The predicted molar refractivity (Wildman–Crippen MR) is 63.7 cm³/mol. The van der Waals surface area contributed by atoms with Gasteiger partial charge in [-0.25, -0.2) is 0 Å². The van der Waals surface area contributed by atoms with Gasteiger partial charge in [0.05, 0.1) is 5.03 Å². The molecule has 0 aliphatic carbocycles. The molecule has 0 amide bonds. The van der Waals surface area contributed by atoms with Crippen molar-refractivity contribution < 1.29 is 0 Å². The molecule has 1 rings (SSSR count). The smallest absolute Gasteiger partial charge is 0.0719 e. The minimum Gasteiger partial charge on any atom is -0.393 e. The minimum atomic E-state index is 0.145. The fourth-order valence-electron chi connectivity index (χ4n) is 1.68. The number of piperidine rings is 1. The Hall–Kier alpha value is -0.740. The molecule has 78 valence electrons. The van der Waals surface area contributed by atoms with Crippen LogP contribution < -0.4 is 11.1 Å². The average Bonchev–Trinajstić information content (AvgIpc) is 2.16. The van der Waals surface area contributed by atoms with Gasteiger partial charge in [0.15, 0.2) is 0 Å². The number of rotatable bonds is 2. The second-order valence-corrected chi connectivity index (χ2v) is 4.24. The lowest BCUT2D eigenvalue weighted by atomic mass is 9.92. The zero-order valence-corrected chi connectivity index (χ0v) is 9.45. The summed E-state index contributed by atoms with van der Waals surface area (Å²) in [5.74, 6) is 0. The van der Waals surface area contributed by atoms with Crippen LogP contribution in [-0.2, 0) is 0 Å². The quantitative estimate of drug-likeness (QED) is 0.606. The van der Waals surface area contributed by atoms with Gasteiger partial charge in [0.2, 0.25) is 0 Å². The number of nitrogens with one attached hydrogen (secondary N) is 2. The van der Waals surface area contributed by atoms with Crippen molar-refractivity contribution in [3.05, 3.63) is 23.3 Å². The van der Waals surface area contributed by atoms with E-state index in [1.807, 2.05) is 19.3 Å². The summed E-state index contributed by atoms with van der Waals surface area (Å²) in [6.07, 6.45) is 4.46. The fourth-order valence-corrected chi connectivity index (χ4v) is 2.20. The SMILES string of the molecule is C=CC1CC(=N)/C(=C(\N)SC)C(C)N1. The molecule has 0 aromatic rings. The Kier molecular flexibility index (Phi) is 3.77. The largest absolute Gasteiger partial charge is 0.393 e. The zero-order valence-electron chi connectivity index (χ0n) is 8.63. The van der Waals surface area contributed by atoms with Gasteiger partial charge in [-0.05, 0) is 13.2 Å². The van der Waals surface area contributed by atoms with E-state index in [4.69, 9.17) is 11.1 Å². The summed E-state index contributed by atoms with van der Waals surface area (Å²) in [6.45, 7) is 5.76. The van der Waals surface area contributed by atoms with Gasteiger partial charge in [-0.3, -0.25) is 0 Å². The molecule has 1 fully saturated rings. The second-order valence-electron chi connectivity index (χ2n) is 3.40. The molecule has 0 bridgehead atoms. The molecule has 0 spiro atoms. The van der Waals surface area contributed by atoms with Crippen LogP contribution in [0.15, 0.2) is 23.3 Å². The Morgan fingerprint density at radius 2 is 2.43 bits per heavy atom. The average molecular weight is 211 g/mol. The molecular formula is C10H17N3S. The Balaban J connectivity index is 2.91. The lowest BCUT2D eigenvalue weighted by molar-refractivity contribution is 0.531. The first-order valence-electron chi connectivity index (χ1n) is 4.60. The van der Waals surface area contributed by atoms with Gasteiger partial charge in [0, 0.05) is 29.8 Å². The van der Waals surface area contributed by atoms with Crippen LogP contribution in [0.1, 0.15) is 13.3 Å². The minimum absolute atomic E-state index is 0.145. The highest BCUT2D eigenvalue weighted by Gasteiger charge is 2.26. The highest BCUT2D eigenvalue weighted by Crippen LogP contribution is 2.22. The van der Waals surface area contributed by atoms with Crippen LogP contribution in [0.2, 0.25) is 0 Å². The van der Waals surface area contributed by atoms with Crippen molar-refractivity contribution in [1.82, 2.24) is 5.32 Å². The number of thioether (sulfide) groups is 1. The van der Waals surface area contributed by atoms with E-state index < -0.39 is 0 Å². The van der Waals surface area contributed by atoms with Crippen molar-refractivity contribution in [1.29, 1.82) is 5.41 Å². The Morgan fingerprint density at radius 3 is 2.86 bits per heavy atom. The summed E-state index contributed by atoms with van der Waals surface area (Å²) in [7, 11) is 0. The lowest BCUT2D eigenvalue weighted by Gasteiger charge is -2.30. The third-order valence-corrected chi connectivity index (χ3v) is 3.08. The highest BCUT2D eigenvalue weighted by atomic mass is 32.2. The van der Waals surface area contributed by atoms with Crippen LogP contribution in [0.4, 0.5) is 0 Å². The molecule has 1 saturated heterocycles. The summed E-state index contributed by atoms with van der Waals surface area (Å²) >= 11 is 1.50. The van der Waals surface area contributed by atoms with Crippen molar-refractivity contribution in [3.8, 4) is 0 Å². The molecule has 0 radical (unpaired) electrons. The maximum absolute atomic E-state index is 7.90. The summed E-state index contributed by atoms with van der Waals surface area (Å²) in [6, 6.07) is 0.350. The predicted octanol–water partition coefficient (Wildman–Crippen LogP) is 1.48. The molecule has 1 aliphatic heterocycles. The van der Waals surface area contributed by atoms with Crippen LogP contribution in [0.25, 0.3) is 0 Å². The van der Waals surface area contributed by atoms with E-state index in [1.54, 1.807) is 0 Å². The highest BCUT2D eigenvalue weighted by molar-refractivity contribution is 8.02. The fraction of sp³-hybridized carbons (Fsp3) is 0.500. The van der Waals surface area contributed by atoms with E-state index in [1.165, 1.54) is 11.8 Å². The first kappa shape index (κ1) is 11.3. The van der Waals surface area contributed by atoms with Gasteiger partial charge in [0.25, 0.3) is 0 Å². The molecule has 1 aliphatic rings. The monoisotopic (exact) mass is 211 g/mol. The summed E-state index contributed by atoms with van der Waals surface area (Å²) < 4.78 is 0. The molecule has 4 N–H and O–H groups in total. The maximum atomic E-state index is 7.90. The Labute approximate surface area is 89.3 Å². The van der Waals surface area contributed by atoms with E-state index in [-0.39, 0.29) is 12.1 Å². The second kappa shape index (κ2) is 4.66. The van der Waals surface area contributed by atoms with Crippen LogP contribution >= 0.6 is 11.8 Å². The van der Waals surface area contributed by atoms with Crippen molar-refractivity contribution in [2.45, 2.75) is 25.4 Å². The van der Waals surface area contributed by atoms with Gasteiger partial charge in [-0.2, -0.15) is 0 Å². The Bertz CT molecular complexity index is 283. The number of hydrogen-bond donors (Lipinski definition) is 3. The summed E-state index contributed by atoms with van der Waals surface area (Å²) in [5, 5.41) is 12.0. The molecule has 1 heterocycles. The van der Waals surface area contributed by atoms with Gasteiger partial charge >= 0.3 is 0 Å². The number of hydrogen-bond acceptors (Lipinski definition) is 4. The third kappa shape index (κ3) is 2.19. The van der Waals surface area contributed by atoms with E-state index in [2.05, 4.69) is 11.9 Å². The first-order valence-corrected chi connectivity index (χ1v) is 5.82. The van der Waals surface area contributed by atoms with Crippen molar-refractivity contribution in [2.24, 2.45) is 5.73 Å². The molecule has 2 atom stereocenters. The molecule has 0 saturated carbocycles. The zero-order chi connectivity index (χ0) is 10.7. The van der Waals surface area contributed by atoms with Gasteiger partial charge in [-0.15, -0.1) is 18.3 Å². The van der Waals surface area contributed by atoms with Gasteiger partial charge in [0.1, 0.15) is 0 Å².